The molecule has 0 fully saturated rings. The number of rotatable bonds is 1. The van der Waals surface area contributed by atoms with Gasteiger partial charge in [-0.2, -0.15) is 0 Å². The molecule has 0 heterocycles. The molecule has 0 saturated heterocycles. The fourth-order valence-electron chi connectivity index (χ4n) is 0.851. The van der Waals surface area contributed by atoms with Crippen molar-refractivity contribution in [3.8, 4) is 12.3 Å². The number of hydrogen-bond acceptors (Lipinski definition) is 1. The van der Waals surface area contributed by atoms with Gasteiger partial charge < -0.3 is 5.73 Å². The van der Waals surface area contributed by atoms with Crippen LogP contribution in [0.4, 0.5) is 8.78 Å². The first-order valence-corrected chi connectivity index (χ1v) is 3.31. The van der Waals surface area contributed by atoms with Crippen LogP contribution < -0.4 is 5.73 Å². The molecule has 2 N–H and O–H groups in total. The molecule has 1 unspecified atom stereocenters. The van der Waals surface area contributed by atoms with E-state index in [4.69, 9.17) is 12.2 Å². The van der Waals surface area contributed by atoms with E-state index in [0.29, 0.717) is 0 Å². The highest BCUT2D eigenvalue weighted by Crippen LogP contribution is 2.13. The molecule has 0 radical (unpaired) electrons. The normalized spacial score (nSPS) is 12.2. The van der Waals surface area contributed by atoms with Gasteiger partial charge in [0.25, 0.3) is 0 Å². The summed E-state index contributed by atoms with van der Waals surface area (Å²) in [6, 6.07) is 2.25. The average molecular weight is 167 g/mol. The lowest BCUT2D eigenvalue weighted by atomic mass is 10.1. The summed E-state index contributed by atoms with van der Waals surface area (Å²) in [7, 11) is 0. The minimum absolute atomic E-state index is 0.273. The van der Waals surface area contributed by atoms with Crippen molar-refractivity contribution in [1.82, 2.24) is 0 Å². The van der Waals surface area contributed by atoms with E-state index in [1.165, 1.54) is 0 Å². The maximum absolute atomic E-state index is 12.6. The van der Waals surface area contributed by atoms with Gasteiger partial charge in [-0.3, -0.25) is 0 Å². The topological polar surface area (TPSA) is 26.0 Å². The highest BCUT2D eigenvalue weighted by Gasteiger charge is 2.05. The van der Waals surface area contributed by atoms with Crippen LogP contribution in [0.25, 0.3) is 0 Å². The van der Waals surface area contributed by atoms with E-state index in [9.17, 15) is 8.78 Å². The van der Waals surface area contributed by atoms with Gasteiger partial charge in [0.15, 0.2) is 0 Å². The molecule has 0 spiro atoms. The summed E-state index contributed by atoms with van der Waals surface area (Å²) in [6.45, 7) is 0. The molecule has 1 atom stereocenters. The Bertz CT molecular complexity index is 308. The molecule has 1 rings (SSSR count). The minimum atomic E-state index is -0.754. The van der Waals surface area contributed by atoms with Gasteiger partial charge in [-0.25, -0.2) is 8.78 Å². The van der Waals surface area contributed by atoms with Crippen molar-refractivity contribution in [3.05, 3.63) is 35.4 Å². The van der Waals surface area contributed by atoms with Gasteiger partial charge in [0.2, 0.25) is 0 Å². The quantitative estimate of drug-likeness (QED) is 0.631. The van der Waals surface area contributed by atoms with Crippen molar-refractivity contribution in [2.75, 3.05) is 0 Å². The van der Waals surface area contributed by atoms with E-state index in [1.807, 2.05) is 0 Å². The SMILES string of the molecule is C#CC(N)c1cc(F)cc(F)c1. The second kappa shape index (κ2) is 3.33. The summed E-state index contributed by atoms with van der Waals surface area (Å²) < 4.78 is 25.1. The number of terminal acetylenes is 1. The Hall–Kier alpha value is -1.40. The van der Waals surface area contributed by atoms with Crippen LogP contribution in [-0.4, -0.2) is 0 Å². The van der Waals surface area contributed by atoms with E-state index in [1.54, 1.807) is 0 Å². The Morgan fingerprint density at radius 1 is 1.25 bits per heavy atom. The Morgan fingerprint density at radius 3 is 2.17 bits per heavy atom. The number of benzene rings is 1. The molecular formula is C9H7F2N. The summed E-state index contributed by atoms with van der Waals surface area (Å²) in [5, 5.41) is 0. The standard InChI is InChI=1S/C9H7F2N/c1-2-9(12)6-3-7(10)5-8(11)4-6/h1,3-5,9H,12H2. The largest absolute Gasteiger partial charge is 0.314 e. The fourth-order valence-corrected chi connectivity index (χ4v) is 0.851. The molecule has 0 aliphatic heterocycles. The summed E-state index contributed by atoms with van der Waals surface area (Å²) in [6.07, 6.45) is 4.98. The Morgan fingerprint density at radius 2 is 1.75 bits per heavy atom. The number of hydrogen-bond donors (Lipinski definition) is 1. The zero-order chi connectivity index (χ0) is 9.14. The van der Waals surface area contributed by atoms with Gasteiger partial charge in [0, 0.05) is 6.07 Å². The Labute approximate surface area is 69.2 Å². The van der Waals surface area contributed by atoms with Crippen LogP contribution >= 0.6 is 0 Å². The molecular weight excluding hydrogens is 160 g/mol. The Balaban J connectivity index is 3.10. The maximum Gasteiger partial charge on any atom is 0.126 e. The second-order valence-corrected chi connectivity index (χ2v) is 2.35. The predicted octanol–water partition coefficient (Wildman–Crippen LogP) is 1.60. The first-order chi connectivity index (χ1) is 5.63. The molecule has 1 nitrogen and oxygen atoms in total. The zero-order valence-corrected chi connectivity index (χ0v) is 6.22. The van der Waals surface area contributed by atoms with Crippen molar-refractivity contribution in [2.45, 2.75) is 6.04 Å². The van der Waals surface area contributed by atoms with Crippen molar-refractivity contribution in [3.63, 3.8) is 0 Å². The lowest BCUT2D eigenvalue weighted by Crippen LogP contribution is -2.07. The van der Waals surface area contributed by atoms with Crippen LogP contribution in [0.3, 0.4) is 0 Å². The van der Waals surface area contributed by atoms with E-state index in [2.05, 4.69) is 5.92 Å². The third-order valence-electron chi connectivity index (χ3n) is 1.42. The third kappa shape index (κ3) is 1.80. The van der Waals surface area contributed by atoms with Gasteiger partial charge in [-0.15, -0.1) is 6.42 Å². The lowest BCUT2D eigenvalue weighted by Gasteiger charge is -2.03. The van der Waals surface area contributed by atoms with Crippen LogP contribution in [0.1, 0.15) is 11.6 Å². The minimum Gasteiger partial charge on any atom is -0.314 e. The zero-order valence-electron chi connectivity index (χ0n) is 6.22. The van der Waals surface area contributed by atoms with Crippen molar-refractivity contribution < 1.29 is 8.78 Å². The highest BCUT2D eigenvalue weighted by atomic mass is 19.1. The van der Waals surface area contributed by atoms with Crippen LogP contribution in [0.5, 0.6) is 0 Å². The molecule has 3 heteroatoms. The summed E-state index contributed by atoms with van der Waals surface area (Å²) in [5.41, 5.74) is 5.64. The van der Waals surface area contributed by atoms with Crippen LogP contribution in [0.15, 0.2) is 18.2 Å². The van der Waals surface area contributed by atoms with Gasteiger partial charge >= 0.3 is 0 Å². The van der Waals surface area contributed by atoms with Crippen LogP contribution in [0.2, 0.25) is 0 Å². The first kappa shape index (κ1) is 8.69. The molecule has 12 heavy (non-hydrogen) atoms. The van der Waals surface area contributed by atoms with Gasteiger partial charge in [0.1, 0.15) is 11.6 Å². The molecule has 0 aliphatic carbocycles. The van der Waals surface area contributed by atoms with Crippen molar-refractivity contribution in [1.29, 1.82) is 0 Å². The summed E-state index contributed by atoms with van der Waals surface area (Å²) >= 11 is 0. The van der Waals surface area contributed by atoms with Gasteiger partial charge in [-0.05, 0) is 17.7 Å². The summed E-state index contributed by atoms with van der Waals surface area (Å²) in [5.74, 6) is 0.839. The number of halogens is 2. The highest BCUT2D eigenvalue weighted by molar-refractivity contribution is 5.26. The molecule has 0 aliphatic rings. The van der Waals surface area contributed by atoms with Crippen molar-refractivity contribution in [2.24, 2.45) is 5.73 Å². The third-order valence-corrected chi connectivity index (χ3v) is 1.42. The van der Waals surface area contributed by atoms with E-state index in [0.717, 1.165) is 18.2 Å². The van der Waals surface area contributed by atoms with E-state index >= 15 is 0 Å². The number of nitrogens with two attached hydrogens (primary N) is 1. The van der Waals surface area contributed by atoms with Gasteiger partial charge in [-0.1, -0.05) is 5.92 Å². The second-order valence-electron chi connectivity index (χ2n) is 2.35. The molecule has 0 bridgehead atoms. The van der Waals surface area contributed by atoms with Crippen LogP contribution in [-0.2, 0) is 0 Å². The molecule has 0 aromatic heterocycles. The van der Waals surface area contributed by atoms with E-state index in [-0.39, 0.29) is 5.56 Å². The van der Waals surface area contributed by atoms with E-state index < -0.39 is 17.7 Å². The van der Waals surface area contributed by atoms with Crippen molar-refractivity contribution >= 4 is 0 Å². The summed E-state index contributed by atoms with van der Waals surface area (Å²) in [4.78, 5) is 0. The molecule has 62 valence electrons. The molecule has 0 saturated carbocycles. The lowest BCUT2D eigenvalue weighted by molar-refractivity contribution is 0.578. The Kier molecular flexibility index (Phi) is 2.41. The predicted molar refractivity (Wildman–Crippen MR) is 42.1 cm³/mol. The molecule has 1 aromatic rings. The smallest absolute Gasteiger partial charge is 0.126 e. The van der Waals surface area contributed by atoms with Crippen LogP contribution in [0, 0.1) is 24.0 Å². The maximum atomic E-state index is 12.6. The monoisotopic (exact) mass is 167 g/mol. The first-order valence-electron chi connectivity index (χ1n) is 3.31. The molecule has 1 aromatic carbocycles. The van der Waals surface area contributed by atoms with Gasteiger partial charge in [0.05, 0.1) is 6.04 Å². The molecule has 0 amide bonds. The fraction of sp³-hybridized carbons (Fsp3) is 0.111. The average Bonchev–Trinajstić information content (AvgIpc) is 2.01.